The Bertz CT molecular complexity index is 1220. The van der Waals surface area contributed by atoms with Gasteiger partial charge in [-0.3, -0.25) is 19.5 Å². The quantitative estimate of drug-likeness (QED) is 0.197. The number of nitrogens with one attached hydrogen (secondary N) is 1. The zero-order valence-electron chi connectivity index (χ0n) is 19.8. The van der Waals surface area contributed by atoms with E-state index in [2.05, 4.69) is 56.5 Å². The third kappa shape index (κ3) is 6.13. The molecule has 1 aliphatic carbocycles. The van der Waals surface area contributed by atoms with Gasteiger partial charge in [-0.25, -0.2) is 5.43 Å². The van der Waals surface area contributed by atoms with Gasteiger partial charge in [0.25, 0.3) is 11.6 Å². The van der Waals surface area contributed by atoms with Gasteiger partial charge >= 0.3 is 0 Å². The van der Waals surface area contributed by atoms with Gasteiger partial charge in [-0.05, 0) is 44.4 Å². The fraction of sp³-hybridized carbons (Fsp3) is 0.360. The minimum absolute atomic E-state index is 0.00840. The number of nitro groups is 1. The Morgan fingerprint density at radius 2 is 1.80 bits per heavy atom. The number of carbonyl (C=O) groups excluding carboxylic acids is 1. The number of nitro benzene ring substituents is 1. The molecule has 0 spiro atoms. The average Bonchev–Trinajstić information content (AvgIpc) is 3.31. The Labute approximate surface area is 208 Å². The van der Waals surface area contributed by atoms with Crippen LogP contribution in [0.25, 0.3) is 11.4 Å². The zero-order chi connectivity index (χ0) is 24.8. The highest BCUT2D eigenvalue weighted by Crippen LogP contribution is 2.35. The van der Waals surface area contributed by atoms with Crippen LogP contribution in [0.4, 0.5) is 5.69 Å². The third-order valence-corrected chi connectivity index (χ3v) is 7.03. The molecule has 3 aromatic rings. The van der Waals surface area contributed by atoms with E-state index in [1.165, 1.54) is 48.7 Å². The Morgan fingerprint density at radius 3 is 2.46 bits per heavy atom. The molecule has 2 aromatic carbocycles. The first-order valence-corrected chi connectivity index (χ1v) is 12.6. The maximum absolute atomic E-state index is 12.5. The van der Waals surface area contributed by atoms with E-state index in [4.69, 9.17) is 0 Å². The highest BCUT2D eigenvalue weighted by molar-refractivity contribution is 7.99. The van der Waals surface area contributed by atoms with Crippen molar-refractivity contribution in [2.75, 3.05) is 5.75 Å². The molecule has 1 aromatic heterocycles. The van der Waals surface area contributed by atoms with Crippen molar-refractivity contribution < 1.29 is 9.72 Å². The molecule has 10 heteroatoms. The van der Waals surface area contributed by atoms with E-state index in [-0.39, 0.29) is 17.3 Å². The summed E-state index contributed by atoms with van der Waals surface area (Å²) in [6.45, 7) is 3.80. The summed E-state index contributed by atoms with van der Waals surface area (Å²) in [5.74, 6) is 0.730. The second kappa shape index (κ2) is 11.3. The molecule has 1 saturated carbocycles. The molecular weight excluding hydrogens is 464 g/mol. The van der Waals surface area contributed by atoms with Gasteiger partial charge in [-0.2, -0.15) is 5.10 Å². The molecule has 0 saturated heterocycles. The minimum atomic E-state index is -0.453. The number of rotatable bonds is 8. The lowest BCUT2D eigenvalue weighted by molar-refractivity contribution is -0.384. The molecule has 1 fully saturated rings. The summed E-state index contributed by atoms with van der Waals surface area (Å²) in [5, 5.41) is 24.6. The fourth-order valence-corrected chi connectivity index (χ4v) is 4.94. The lowest BCUT2D eigenvalue weighted by Gasteiger charge is -2.25. The fourth-order valence-electron chi connectivity index (χ4n) is 4.14. The maximum Gasteiger partial charge on any atom is 0.269 e. The van der Waals surface area contributed by atoms with E-state index in [0.29, 0.717) is 17.3 Å². The topological polar surface area (TPSA) is 115 Å². The number of hydrogen-bond acceptors (Lipinski definition) is 7. The molecule has 0 bridgehead atoms. The van der Waals surface area contributed by atoms with Crippen LogP contribution in [0.15, 0.2) is 58.8 Å². The molecule has 1 amide bonds. The normalized spacial score (nSPS) is 14.6. The molecule has 35 heavy (non-hydrogen) atoms. The average molecular weight is 493 g/mol. The molecule has 9 nitrogen and oxygen atoms in total. The van der Waals surface area contributed by atoms with E-state index < -0.39 is 4.92 Å². The Kier molecular flexibility index (Phi) is 7.91. The molecule has 0 atom stereocenters. The first-order valence-electron chi connectivity index (χ1n) is 11.6. The van der Waals surface area contributed by atoms with Crippen molar-refractivity contribution in [2.45, 2.75) is 57.1 Å². The Hall–Kier alpha value is -3.53. The molecule has 4 rings (SSSR count). The summed E-state index contributed by atoms with van der Waals surface area (Å²) >= 11 is 1.35. The van der Waals surface area contributed by atoms with E-state index in [9.17, 15) is 14.9 Å². The van der Waals surface area contributed by atoms with E-state index in [1.54, 1.807) is 19.1 Å². The zero-order valence-corrected chi connectivity index (χ0v) is 20.6. The first-order chi connectivity index (χ1) is 16.9. The molecule has 1 heterocycles. The van der Waals surface area contributed by atoms with Crippen LogP contribution in [0.1, 0.15) is 56.2 Å². The first kappa shape index (κ1) is 24.6. The summed E-state index contributed by atoms with van der Waals surface area (Å²) in [7, 11) is 0. The molecule has 1 N–H and O–H groups in total. The van der Waals surface area contributed by atoms with Crippen molar-refractivity contribution in [1.82, 2.24) is 20.2 Å². The number of hydrogen-bond donors (Lipinski definition) is 1. The molecule has 182 valence electrons. The molecule has 0 radical (unpaired) electrons. The number of carbonyl (C=O) groups is 1. The SMILES string of the molecule is CC(=NNC(=O)CSc1nnc(-c2ccc(C)cc2)n1C1CCCCC1)c1ccc([N+](=O)[O-])cc1. The van der Waals surface area contributed by atoms with Crippen molar-refractivity contribution in [3.8, 4) is 11.4 Å². The van der Waals surface area contributed by atoms with Crippen molar-refractivity contribution >= 4 is 29.1 Å². The summed E-state index contributed by atoms with van der Waals surface area (Å²) in [4.78, 5) is 22.9. The second-order valence-electron chi connectivity index (χ2n) is 8.66. The minimum Gasteiger partial charge on any atom is -0.299 e. The third-order valence-electron chi connectivity index (χ3n) is 6.09. The van der Waals surface area contributed by atoms with Gasteiger partial charge in [0.2, 0.25) is 0 Å². The summed E-state index contributed by atoms with van der Waals surface area (Å²) in [6, 6.07) is 14.6. The number of hydrazone groups is 1. The van der Waals surface area contributed by atoms with Gasteiger partial charge in [-0.15, -0.1) is 10.2 Å². The lowest BCUT2D eigenvalue weighted by atomic mass is 9.95. The second-order valence-corrected chi connectivity index (χ2v) is 9.60. The predicted molar refractivity (Wildman–Crippen MR) is 136 cm³/mol. The van der Waals surface area contributed by atoms with Crippen LogP contribution < -0.4 is 5.43 Å². The van der Waals surface area contributed by atoms with Gasteiger partial charge in [0, 0.05) is 23.7 Å². The van der Waals surface area contributed by atoms with Crippen molar-refractivity contribution in [3.63, 3.8) is 0 Å². The van der Waals surface area contributed by atoms with Crippen LogP contribution >= 0.6 is 11.8 Å². The Morgan fingerprint density at radius 1 is 1.11 bits per heavy atom. The largest absolute Gasteiger partial charge is 0.299 e. The van der Waals surface area contributed by atoms with Crippen molar-refractivity contribution in [3.05, 3.63) is 69.8 Å². The van der Waals surface area contributed by atoms with Crippen molar-refractivity contribution in [2.24, 2.45) is 5.10 Å². The van der Waals surface area contributed by atoms with Gasteiger partial charge < -0.3 is 0 Å². The lowest BCUT2D eigenvalue weighted by Crippen LogP contribution is -2.22. The van der Waals surface area contributed by atoms with Crippen molar-refractivity contribution in [1.29, 1.82) is 0 Å². The van der Waals surface area contributed by atoms with Crippen LogP contribution in [0.5, 0.6) is 0 Å². The molecule has 1 aliphatic rings. The van der Waals surface area contributed by atoms with Gasteiger partial charge in [0.05, 0.1) is 16.4 Å². The Balaban J connectivity index is 1.44. The highest BCUT2D eigenvalue weighted by Gasteiger charge is 2.24. The number of amides is 1. The van der Waals surface area contributed by atoms with E-state index >= 15 is 0 Å². The summed E-state index contributed by atoms with van der Waals surface area (Å²) in [6.07, 6.45) is 5.76. The van der Waals surface area contributed by atoms with E-state index in [0.717, 1.165) is 29.4 Å². The predicted octanol–water partition coefficient (Wildman–Crippen LogP) is 5.30. The number of thioether (sulfide) groups is 1. The summed E-state index contributed by atoms with van der Waals surface area (Å²) < 4.78 is 2.20. The maximum atomic E-state index is 12.5. The summed E-state index contributed by atoms with van der Waals surface area (Å²) in [5.41, 5.74) is 6.05. The number of nitrogens with zero attached hydrogens (tertiary/aromatic N) is 5. The number of aryl methyl sites for hydroxylation is 1. The van der Waals surface area contributed by atoms with E-state index in [1.807, 2.05) is 0 Å². The molecule has 0 unspecified atom stereocenters. The number of non-ortho nitro benzene ring substituents is 1. The van der Waals surface area contributed by atoms with Crippen LogP contribution in [-0.4, -0.2) is 37.1 Å². The molecular formula is C25H28N6O3S. The smallest absolute Gasteiger partial charge is 0.269 e. The monoisotopic (exact) mass is 492 g/mol. The molecule has 0 aliphatic heterocycles. The van der Waals surface area contributed by atoms with Crippen LogP contribution in [0.3, 0.4) is 0 Å². The van der Waals surface area contributed by atoms with Gasteiger partial charge in [0.15, 0.2) is 11.0 Å². The number of benzene rings is 2. The van der Waals surface area contributed by atoms with Crippen LogP contribution in [0.2, 0.25) is 0 Å². The van der Waals surface area contributed by atoms with Crippen LogP contribution in [-0.2, 0) is 4.79 Å². The standard InChI is InChI=1S/C25H28N6O3S/c1-17-8-10-20(11-9-17)24-28-29-25(30(24)21-6-4-3-5-7-21)35-16-23(32)27-26-18(2)19-12-14-22(15-13-19)31(33)34/h8-15,21H,3-7,16H2,1-2H3,(H,27,32). The number of aromatic nitrogens is 3. The van der Waals surface area contributed by atoms with Gasteiger partial charge in [-0.1, -0.05) is 60.9 Å². The van der Waals surface area contributed by atoms with Gasteiger partial charge in [0.1, 0.15) is 0 Å². The van der Waals surface area contributed by atoms with Crippen LogP contribution in [0, 0.1) is 17.0 Å². The highest BCUT2D eigenvalue weighted by atomic mass is 32.2.